The maximum absolute atomic E-state index is 8.74. The highest BCUT2D eigenvalue weighted by Crippen LogP contribution is 2.09. The molecule has 2 rings (SSSR count). The van der Waals surface area contributed by atoms with Crippen LogP contribution in [0.2, 0.25) is 0 Å². The summed E-state index contributed by atoms with van der Waals surface area (Å²) in [5.74, 6) is 0. The summed E-state index contributed by atoms with van der Waals surface area (Å²) in [5, 5.41) is 8.74. The third kappa shape index (κ3) is 1.34. The summed E-state index contributed by atoms with van der Waals surface area (Å²) in [4.78, 5) is 4.19. The molecular formula is C10H9N3O. The molecule has 2 heterocycles. The van der Waals surface area contributed by atoms with Gasteiger partial charge in [-0.15, -0.1) is 0 Å². The Bertz CT molecular complexity index is 496. The fourth-order valence-electron chi connectivity index (χ4n) is 1.35. The van der Waals surface area contributed by atoms with E-state index in [0.29, 0.717) is 12.2 Å². The first-order chi connectivity index (χ1) is 6.85. The summed E-state index contributed by atoms with van der Waals surface area (Å²) in [5.41, 5.74) is 2.39. The van der Waals surface area contributed by atoms with E-state index in [-0.39, 0.29) is 0 Å². The minimum atomic E-state index is 0.496. The van der Waals surface area contributed by atoms with Crippen LogP contribution < -0.4 is 0 Å². The Morgan fingerprint density at radius 3 is 3.14 bits per heavy atom. The third-order valence-electron chi connectivity index (χ3n) is 2.00. The molecule has 4 heteroatoms. The van der Waals surface area contributed by atoms with Crippen molar-refractivity contribution in [3.63, 3.8) is 0 Å². The first-order valence-corrected chi connectivity index (χ1v) is 4.20. The van der Waals surface area contributed by atoms with Gasteiger partial charge in [-0.3, -0.25) is 0 Å². The molecule has 0 fully saturated rings. The second-order valence-electron chi connectivity index (χ2n) is 2.94. The van der Waals surface area contributed by atoms with E-state index in [4.69, 9.17) is 10.00 Å². The van der Waals surface area contributed by atoms with Crippen LogP contribution in [-0.4, -0.2) is 16.5 Å². The van der Waals surface area contributed by atoms with Gasteiger partial charge in [-0.05, 0) is 12.1 Å². The summed E-state index contributed by atoms with van der Waals surface area (Å²) in [7, 11) is 1.63. The maximum Gasteiger partial charge on any atom is 0.137 e. The summed E-state index contributed by atoms with van der Waals surface area (Å²) in [6, 6.07) is 5.65. The molecule has 14 heavy (non-hydrogen) atoms. The number of rotatable bonds is 2. The zero-order valence-electron chi connectivity index (χ0n) is 7.77. The quantitative estimate of drug-likeness (QED) is 0.713. The predicted molar refractivity (Wildman–Crippen MR) is 50.6 cm³/mol. The summed E-state index contributed by atoms with van der Waals surface area (Å²) < 4.78 is 6.89. The first kappa shape index (κ1) is 8.73. The Kier molecular flexibility index (Phi) is 2.17. The van der Waals surface area contributed by atoms with Gasteiger partial charge >= 0.3 is 0 Å². The Hall–Kier alpha value is -1.86. The number of pyridine rings is 1. The van der Waals surface area contributed by atoms with Gasteiger partial charge in [0.25, 0.3) is 0 Å². The van der Waals surface area contributed by atoms with Gasteiger partial charge in [-0.2, -0.15) is 5.26 Å². The number of ether oxygens (including phenoxy) is 1. The molecule has 70 valence electrons. The molecule has 2 aromatic heterocycles. The Balaban J connectivity index is 2.59. The lowest BCUT2D eigenvalue weighted by molar-refractivity contribution is 0.181. The van der Waals surface area contributed by atoms with Crippen LogP contribution in [0.4, 0.5) is 0 Å². The van der Waals surface area contributed by atoms with Gasteiger partial charge < -0.3 is 9.14 Å². The van der Waals surface area contributed by atoms with Crippen molar-refractivity contribution in [2.75, 3.05) is 7.11 Å². The molecule has 0 aliphatic rings. The van der Waals surface area contributed by atoms with Crippen molar-refractivity contribution in [3.05, 3.63) is 35.8 Å². The molecule has 0 radical (unpaired) electrons. The van der Waals surface area contributed by atoms with Crippen LogP contribution in [0.3, 0.4) is 0 Å². The second kappa shape index (κ2) is 3.48. The number of aromatic nitrogens is 2. The van der Waals surface area contributed by atoms with Crippen molar-refractivity contribution in [2.45, 2.75) is 6.61 Å². The average molecular weight is 187 g/mol. The van der Waals surface area contributed by atoms with Crippen molar-refractivity contribution in [3.8, 4) is 6.07 Å². The Labute approximate surface area is 81.4 Å². The standard InChI is InChI=1S/C10H9N3O/c1-14-7-9-5-12-10-3-2-8(4-11)6-13(9)10/h2-3,5-6H,7H2,1H3. The van der Waals surface area contributed by atoms with E-state index in [0.717, 1.165) is 11.3 Å². The first-order valence-electron chi connectivity index (χ1n) is 4.20. The van der Waals surface area contributed by atoms with E-state index in [1.165, 1.54) is 0 Å². The summed E-state index contributed by atoms with van der Waals surface area (Å²) in [6.07, 6.45) is 3.51. The minimum Gasteiger partial charge on any atom is -0.378 e. The molecule has 0 atom stereocenters. The summed E-state index contributed by atoms with van der Waals surface area (Å²) in [6.45, 7) is 0.496. The van der Waals surface area contributed by atoms with Crippen molar-refractivity contribution < 1.29 is 4.74 Å². The smallest absolute Gasteiger partial charge is 0.137 e. The zero-order chi connectivity index (χ0) is 9.97. The normalized spacial score (nSPS) is 10.3. The van der Waals surface area contributed by atoms with Crippen LogP contribution in [0.5, 0.6) is 0 Å². The second-order valence-corrected chi connectivity index (χ2v) is 2.94. The van der Waals surface area contributed by atoms with Crippen LogP contribution >= 0.6 is 0 Å². The average Bonchev–Trinajstić information content (AvgIpc) is 2.61. The van der Waals surface area contributed by atoms with Crippen LogP contribution in [0.1, 0.15) is 11.3 Å². The largest absolute Gasteiger partial charge is 0.378 e. The minimum absolute atomic E-state index is 0.496. The van der Waals surface area contributed by atoms with Crippen LogP contribution in [0, 0.1) is 11.3 Å². The molecule has 4 nitrogen and oxygen atoms in total. The van der Waals surface area contributed by atoms with Crippen LogP contribution in [0.25, 0.3) is 5.65 Å². The molecule has 0 N–H and O–H groups in total. The van der Waals surface area contributed by atoms with Crippen molar-refractivity contribution >= 4 is 5.65 Å². The van der Waals surface area contributed by atoms with Crippen molar-refractivity contribution in [2.24, 2.45) is 0 Å². The lowest BCUT2D eigenvalue weighted by atomic mass is 10.3. The van der Waals surface area contributed by atoms with Gasteiger partial charge in [-0.1, -0.05) is 0 Å². The van der Waals surface area contributed by atoms with E-state index in [1.54, 1.807) is 25.6 Å². The SMILES string of the molecule is COCc1cnc2ccc(C#N)cn12. The molecular weight excluding hydrogens is 178 g/mol. The number of fused-ring (bicyclic) bond motifs is 1. The molecule has 0 aliphatic heterocycles. The van der Waals surface area contributed by atoms with Gasteiger partial charge in [0, 0.05) is 13.3 Å². The number of methoxy groups -OCH3 is 1. The van der Waals surface area contributed by atoms with Crippen molar-refractivity contribution in [1.82, 2.24) is 9.38 Å². The number of nitrogens with zero attached hydrogens (tertiary/aromatic N) is 3. The molecule has 0 saturated carbocycles. The van der Waals surface area contributed by atoms with Gasteiger partial charge in [-0.25, -0.2) is 4.98 Å². The van der Waals surface area contributed by atoms with Gasteiger partial charge in [0.1, 0.15) is 11.7 Å². The lowest BCUT2D eigenvalue weighted by Crippen LogP contribution is -1.94. The molecule has 0 unspecified atom stereocenters. The highest BCUT2D eigenvalue weighted by Gasteiger charge is 2.02. The molecule has 0 aromatic carbocycles. The van der Waals surface area contributed by atoms with Crippen LogP contribution in [0.15, 0.2) is 24.5 Å². The fourth-order valence-corrected chi connectivity index (χ4v) is 1.35. The lowest BCUT2D eigenvalue weighted by Gasteiger charge is -1.99. The van der Waals surface area contributed by atoms with E-state index >= 15 is 0 Å². The molecule has 0 saturated heterocycles. The highest BCUT2D eigenvalue weighted by atomic mass is 16.5. The summed E-state index contributed by atoms with van der Waals surface area (Å²) >= 11 is 0. The molecule has 0 bridgehead atoms. The van der Waals surface area contributed by atoms with E-state index < -0.39 is 0 Å². The predicted octanol–water partition coefficient (Wildman–Crippen LogP) is 1.35. The topological polar surface area (TPSA) is 50.3 Å². The van der Waals surface area contributed by atoms with E-state index in [9.17, 15) is 0 Å². The molecule has 0 amide bonds. The van der Waals surface area contributed by atoms with E-state index in [2.05, 4.69) is 11.1 Å². The number of hydrogen-bond acceptors (Lipinski definition) is 3. The Morgan fingerprint density at radius 2 is 2.43 bits per heavy atom. The number of nitriles is 1. The Morgan fingerprint density at radius 1 is 1.57 bits per heavy atom. The van der Waals surface area contributed by atoms with Gasteiger partial charge in [0.05, 0.1) is 24.1 Å². The fraction of sp³-hybridized carbons (Fsp3) is 0.200. The number of imidazole rings is 1. The number of hydrogen-bond donors (Lipinski definition) is 0. The zero-order valence-corrected chi connectivity index (χ0v) is 7.77. The third-order valence-corrected chi connectivity index (χ3v) is 2.00. The molecule has 2 aromatic rings. The van der Waals surface area contributed by atoms with Gasteiger partial charge in [0.2, 0.25) is 0 Å². The monoisotopic (exact) mass is 187 g/mol. The van der Waals surface area contributed by atoms with Crippen molar-refractivity contribution in [1.29, 1.82) is 5.26 Å². The van der Waals surface area contributed by atoms with Gasteiger partial charge in [0.15, 0.2) is 0 Å². The van der Waals surface area contributed by atoms with E-state index in [1.807, 2.05) is 10.5 Å². The highest BCUT2D eigenvalue weighted by molar-refractivity contribution is 5.44. The van der Waals surface area contributed by atoms with Crippen LogP contribution in [-0.2, 0) is 11.3 Å². The maximum atomic E-state index is 8.74. The molecule has 0 spiro atoms. The molecule has 0 aliphatic carbocycles.